The van der Waals surface area contributed by atoms with Crippen molar-refractivity contribution in [3.8, 4) is 0 Å². The molecule has 74 valence electrons. The maximum Gasteiger partial charge on any atom is 0.263 e. The molecular formula is C9H10N2OS2. The van der Waals surface area contributed by atoms with Crippen molar-refractivity contribution in [2.45, 2.75) is 19.9 Å². The first kappa shape index (κ1) is 9.61. The van der Waals surface area contributed by atoms with Crippen LogP contribution in [0.25, 0.3) is 10.2 Å². The molecule has 14 heavy (non-hydrogen) atoms. The predicted octanol–water partition coefficient (Wildman–Crippen LogP) is 2.70. The van der Waals surface area contributed by atoms with E-state index in [1.165, 1.54) is 11.3 Å². The average Bonchev–Trinajstić information content (AvgIpc) is 2.50. The van der Waals surface area contributed by atoms with Crippen LogP contribution >= 0.6 is 23.6 Å². The number of nitrogens with one attached hydrogen (secondary N) is 1. The molecule has 0 atom stereocenters. The van der Waals surface area contributed by atoms with Crippen molar-refractivity contribution in [1.29, 1.82) is 0 Å². The quantitative estimate of drug-likeness (QED) is 0.759. The van der Waals surface area contributed by atoms with Crippen LogP contribution < -0.4 is 5.56 Å². The minimum Gasteiger partial charge on any atom is -0.323 e. The van der Waals surface area contributed by atoms with E-state index in [0.29, 0.717) is 4.77 Å². The molecule has 0 amide bonds. The maximum absolute atomic E-state index is 11.9. The van der Waals surface area contributed by atoms with Gasteiger partial charge in [0.05, 0.1) is 5.39 Å². The molecule has 5 heteroatoms. The number of nitrogens with zero attached hydrogens (tertiary/aromatic N) is 1. The molecule has 0 aromatic carbocycles. The Bertz CT molecular complexity index is 576. The lowest BCUT2D eigenvalue weighted by Gasteiger charge is -2.09. The minimum atomic E-state index is 0.000000000000000222. The summed E-state index contributed by atoms with van der Waals surface area (Å²) in [5, 5.41) is 2.61. The van der Waals surface area contributed by atoms with Crippen LogP contribution in [-0.2, 0) is 0 Å². The van der Waals surface area contributed by atoms with Crippen LogP contribution in [0.1, 0.15) is 19.9 Å². The van der Waals surface area contributed by atoms with Crippen molar-refractivity contribution in [3.05, 3.63) is 26.6 Å². The zero-order valence-corrected chi connectivity index (χ0v) is 9.54. The Morgan fingerprint density at radius 2 is 2.29 bits per heavy atom. The van der Waals surface area contributed by atoms with E-state index in [1.807, 2.05) is 25.3 Å². The lowest BCUT2D eigenvalue weighted by atomic mass is 10.3. The summed E-state index contributed by atoms with van der Waals surface area (Å²) in [6.07, 6.45) is 0. The number of H-pyrrole nitrogens is 1. The lowest BCUT2D eigenvalue weighted by molar-refractivity contribution is 0.565. The fourth-order valence-electron chi connectivity index (χ4n) is 1.42. The fraction of sp³-hybridized carbons (Fsp3) is 0.333. The topological polar surface area (TPSA) is 37.8 Å². The van der Waals surface area contributed by atoms with Gasteiger partial charge in [-0.05, 0) is 37.5 Å². The smallest absolute Gasteiger partial charge is 0.263 e. The van der Waals surface area contributed by atoms with E-state index in [-0.39, 0.29) is 11.6 Å². The monoisotopic (exact) mass is 226 g/mol. The largest absolute Gasteiger partial charge is 0.323 e. The van der Waals surface area contributed by atoms with E-state index in [1.54, 1.807) is 4.57 Å². The molecular weight excluding hydrogens is 216 g/mol. The molecule has 0 radical (unpaired) electrons. The van der Waals surface area contributed by atoms with Gasteiger partial charge in [-0.3, -0.25) is 9.36 Å². The van der Waals surface area contributed by atoms with Gasteiger partial charge in [0.2, 0.25) is 0 Å². The fourth-order valence-corrected chi connectivity index (χ4v) is 2.66. The normalized spacial score (nSPS) is 11.4. The summed E-state index contributed by atoms with van der Waals surface area (Å²) in [4.78, 5) is 15.8. The van der Waals surface area contributed by atoms with Crippen molar-refractivity contribution in [2.24, 2.45) is 0 Å². The van der Waals surface area contributed by atoms with E-state index in [2.05, 4.69) is 4.98 Å². The van der Waals surface area contributed by atoms with Crippen molar-refractivity contribution in [2.75, 3.05) is 0 Å². The first-order chi connectivity index (χ1) is 6.61. The molecule has 2 rings (SSSR count). The number of thiophene rings is 1. The highest BCUT2D eigenvalue weighted by Crippen LogP contribution is 2.15. The summed E-state index contributed by atoms with van der Waals surface area (Å²) in [6, 6.07) is 1.92. The van der Waals surface area contributed by atoms with Gasteiger partial charge in [0.25, 0.3) is 5.56 Å². The van der Waals surface area contributed by atoms with Crippen LogP contribution in [0.2, 0.25) is 0 Å². The number of fused-ring (bicyclic) bond motifs is 1. The zero-order chi connectivity index (χ0) is 10.3. The van der Waals surface area contributed by atoms with Crippen LogP contribution in [0.3, 0.4) is 0 Å². The van der Waals surface area contributed by atoms with Crippen molar-refractivity contribution in [1.82, 2.24) is 9.55 Å². The molecule has 0 bridgehead atoms. The third kappa shape index (κ3) is 1.33. The van der Waals surface area contributed by atoms with Gasteiger partial charge in [0.15, 0.2) is 4.77 Å². The van der Waals surface area contributed by atoms with E-state index >= 15 is 0 Å². The molecule has 0 aliphatic heterocycles. The lowest BCUT2D eigenvalue weighted by Crippen LogP contribution is -2.23. The number of rotatable bonds is 1. The molecule has 0 aliphatic carbocycles. The molecule has 1 N–H and O–H groups in total. The van der Waals surface area contributed by atoms with E-state index in [0.717, 1.165) is 10.2 Å². The minimum absolute atomic E-state index is 0.000000000000000222. The van der Waals surface area contributed by atoms with Crippen molar-refractivity contribution < 1.29 is 0 Å². The van der Waals surface area contributed by atoms with Gasteiger partial charge in [0.1, 0.15) is 4.83 Å². The Balaban J connectivity index is 2.97. The third-order valence-electron chi connectivity index (χ3n) is 2.07. The highest BCUT2D eigenvalue weighted by Gasteiger charge is 2.08. The molecule has 0 spiro atoms. The van der Waals surface area contributed by atoms with Gasteiger partial charge in [-0.2, -0.15) is 0 Å². The summed E-state index contributed by atoms with van der Waals surface area (Å²) < 4.78 is 2.10. The molecule has 0 saturated carbocycles. The highest BCUT2D eigenvalue weighted by molar-refractivity contribution is 7.71. The first-order valence-electron chi connectivity index (χ1n) is 4.33. The van der Waals surface area contributed by atoms with Gasteiger partial charge < -0.3 is 4.98 Å². The Morgan fingerprint density at radius 1 is 1.57 bits per heavy atom. The Hall–Kier alpha value is -0.940. The van der Waals surface area contributed by atoms with Crippen molar-refractivity contribution in [3.63, 3.8) is 0 Å². The summed E-state index contributed by atoms with van der Waals surface area (Å²) >= 11 is 6.62. The number of hydrogen-bond donors (Lipinski definition) is 1. The first-order valence-corrected chi connectivity index (χ1v) is 5.62. The van der Waals surface area contributed by atoms with Crippen LogP contribution in [0.4, 0.5) is 0 Å². The molecule has 0 fully saturated rings. The standard InChI is InChI=1S/C9H10N2OS2/c1-5(2)11-8(12)6-3-4-14-7(6)10-9(11)13/h3-5H,1-2H3,(H,10,13). The highest BCUT2D eigenvalue weighted by atomic mass is 32.1. The number of hydrogen-bond acceptors (Lipinski definition) is 3. The second kappa shape index (κ2) is 3.33. The zero-order valence-electron chi connectivity index (χ0n) is 7.90. The van der Waals surface area contributed by atoms with Crippen LogP contribution in [0, 0.1) is 4.77 Å². The second-order valence-electron chi connectivity index (χ2n) is 3.36. The van der Waals surface area contributed by atoms with Gasteiger partial charge in [-0.1, -0.05) is 0 Å². The van der Waals surface area contributed by atoms with Crippen molar-refractivity contribution >= 4 is 33.8 Å². The second-order valence-corrected chi connectivity index (χ2v) is 4.67. The Kier molecular flexibility index (Phi) is 2.28. The molecule has 0 unspecified atom stereocenters. The van der Waals surface area contributed by atoms with E-state index < -0.39 is 0 Å². The SMILES string of the molecule is CC(C)n1c(=S)[nH]c2sccc2c1=O. The Labute approximate surface area is 90.0 Å². The van der Waals surface area contributed by atoms with Crippen LogP contribution in [-0.4, -0.2) is 9.55 Å². The average molecular weight is 226 g/mol. The number of aromatic amines is 1. The Morgan fingerprint density at radius 3 is 2.93 bits per heavy atom. The van der Waals surface area contributed by atoms with Crippen LogP contribution in [0.5, 0.6) is 0 Å². The summed E-state index contributed by atoms with van der Waals surface area (Å²) in [7, 11) is 0. The molecule has 0 saturated heterocycles. The third-order valence-corrected chi connectivity index (χ3v) is 3.20. The van der Waals surface area contributed by atoms with Crippen LogP contribution in [0.15, 0.2) is 16.2 Å². The van der Waals surface area contributed by atoms with Gasteiger partial charge in [-0.15, -0.1) is 11.3 Å². The van der Waals surface area contributed by atoms with E-state index in [9.17, 15) is 4.79 Å². The number of aromatic nitrogens is 2. The molecule has 3 nitrogen and oxygen atoms in total. The summed E-state index contributed by atoms with van der Waals surface area (Å²) in [5.41, 5.74) is 0.000000000000000222. The molecule has 2 aromatic rings. The predicted molar refractivity (Wildman–Crippen MR) is 61.7 cm³/mol. The summed E-state index contributed by atoms with van der Waals surface area (Å²) in [6.45, 7) is 3.90. The maximum atomic E-state index is 11.9. The molecule has 2 heterocycles. The summed E-state index contributed by atoms with van der Waals surface area (Å²) in [5.74, 6) is 0. The van der Waals surface area contributed by atoms with Gasteiger partial charge in [-0.25, -0.2) is 0 Å². The molecule has 0 aliphatic rings. The van der Waals surface area contributed by atoms with Gasteiger partial charge >= 0.3 is 0 Å². The van der Waals surface area contributed by atoms with Gasteiger partial charge in [0, 0.05) is 6.04 Å². The van der Waals surface area contributed by atoms with E-state index in [4.69, 9.17) is 12.2 Å². The molecule has 2 aromatic heterocycles.